The third kappa shape index (κ3) is 2.56. The van der Waals surface area contributed by atoms with Crippen molar-refractivity contribution in [2.45, 2.75) is 12.8 Å². The molecule has 0 heterocycles. The van der Waals surface area contributed by atoms with Gasteiger partial charge < -0.3 is 15.7 Å². The molecule has 0 bridgehead atoms. The first-order valence-corrected chi connectivity index (χ1v) is 4.88. The van der Waals surface area contributed by atoms with Crippen molar-refractivity contribution in [1.82, 2.24) is 4.90 Å². The lowest BCUT2D eigenvalue weighted by Gasteiger charge is -2.23. The first-order chi connectivity index (χ1) is 7.05. The first-order valence-electron chi connectivity index (χ1n) is 4.88. The molecule has 1 aliphatic rings. The Kier molecular flexibility index (Phi) is 3.47. The highest BCUT2D eigenvalue weighted by atomic mass is 16.4. The zero-order chi connectivity index (χ0) is 11.5. The largest absolute Gasteiger partial charge is 0.480 e. The fourth-order valence-corrected chi connectivity index (χ4v) is 1.53. The molecule has 15 heavy (non-hydrogen) atoms. The van der Waals surface area contributed by atoms with Crippen molar-refractivity contribution in [3.8, 4) is 0 Å². The van der Waals surface area contributed by atoms with Crippen LogP contribution in [0.5, 0.6) is 0 Å². The summed E-state index contributed by atoms with van der Waals surface area (Å²) in [5, 5.41) is 8.66. The molecule has 1 rings (SSSR count). The third-order valence-corrected chi connectivity index (χ3v) is 2.66. The van der Waals surface area contributed by atoms with Crippen molar-refractivity contribution in [3.05, 3.63) is 12.7 Å². The lowest BCUT2D eigenvalue weighted by atomic mass is 10.1. The second-order valence-electron chi connectivity index (χ2n) is 3.85. The smallest absolute Gasteiger partial charge is 0.323 e. The van der Waals surface area contributed by atoms with Crippen LogP contribution in [0.1, 0.15) is 12.8 Å². The third-order valence-electron chi connectivity index (χ3n) is 2.66. The number of amides is 1. The predicted molar refractivity (Wildman–Crippen MR) is 55.1 cm³/mol. The zero-order valence-electron chi connectivity index (χ0n) is 8.61. The molecule has 0 aliphatic heterocycles. The van der Waals surface area contributed by atoms with Gasteiger partial charge in [-0.15, -0.1) is 6.58 Å². The van der Waals surface area contributed by atoms with E-state index in [0.717, 1.165) is 12.8 Å². The van der Waals surface area contributed by atoms with Crippen LogP contribution in [0.15, 0.2) is 12.7 Å². The molecule has 5 heteroatoms. The molecule has 1 fully saturated rings. The molecule has 0 radical (unpaired) electrons. The molecule has 0 atom stereocenters. The van der Waals surface area contributed by atoms with Crippen LogP contribution in [0.25, 0.3) is 0 Å². The topological polar surface area (TPSA) is 83.6 Å². The quantitative estimate of drug-likeness (QED) is 0.598. The minimum Gasteiger partial charge on any atom is -0.480 e. The van der Waals surface area contributed by atoms with E-state index >= 15 is 0 Å². The van der Waals surface area contributed by atoms with Gasteiger partial charge in [0.25, 0.3) is 0 Å². The Morgan fingerprint density at radius 1 is 1.53 bits per heavy atom. The van der Waals surface area contributed by atoms with Crippen LogP contribution >= 0.6 is 0 Å². The van der Waals surface area contributed by atoms with Crippen LogP contribution in [0.2, 0.25) is 0 Å². The van der Waals surface area contributed by atoms with E-state index < -0.39 is 11.4 Å². The lowest BCUT2D eigenvalue weighted by Crippen LogP contribution is -2.43. The fourth-order valence-electron chi connectivity index (χ4n) is 1.53. The monoisotopic (exact) mass is 212 g/mol. The summed E-state index contributed by atoms with van der Waals surface area (Å²) in [6.07, 6.45) is 3.04. The number of nitrogens with two attached hydrogens (primary N) is 1. The molecule has 0 spiro atoms. The van der Waals surface area contributed by atoms with Crippen LogP contribution in [0, 0.1) is 5.41 Å². The van der Waals surface area contributed by atoms with Crippen LogP contribution in [0.3, 0.4) is 0 Å². The minimum absolute atomic E-state index is 0.160. The Morgan fingerprint density at radius 3 is 2.47 bits per heavy atom. The molecule has 3 N–H and O–H groups in total. The predicted octanol–water partition coefficient (Wildman–Crippen LogP) is -0.175. The van der Waals surface area contributed by atoms with Gasteiger partial charge in [0.05, 0.1) is 5.41 Å². The number of hydrogen-bond acceptors (Lipinski definition) is 3. The van der Waals surface area contributed by atoms with Crippen molar-refractivity contribution >= 4 is 11.9 Å². The van der Waals surface area contributed by atoms with E-state index in [9.17, 15) is 9.59 Å². The SMILES string of the molecule is C=CCN(CC(=O)O)C(=O)C1(CN)CC1. The van der Waals surface area contributed by atoms with E-state index in [1.807, 2.05) is 0 Å². The summed E-state index contributed by atoms with van der Waals surface area (Å²) in [6.45, 7) is 3.76. The molecule has 84 valence electrons. The second kappa shape index (κ2) is 4.44. The number of rotatable bonds is 6. The molecular formula is C10H16N2O3. The van der Waals surface area contributed by atoms with Crippen molar-refractivity contribution in [2.75, 3.05) is 19.6 Å². The standard InChI is InChI=1S/C10H16N2O3/c1-2-5-12(6-8(13)14)9(15)10(7-11)3-4-10/h2H,1,3-7,11H2,(H,13,14). The van der Waals surface area contributed by atoms with Gasteiger partial charge in [0.1, 0.15) is 6.54 Å². The van der Waals surface area contributed by atoms with E-state index in [1.165, 1.54) is 11.0 Å². The average molecular weight is 212 g/mol. The summed E-state index contributed by atoms with van der Waals surface area (Å²) >= 11 is 0. The fraction of sp³-hybridized carbons (Fsp3) is 0.600. The molecule has 0 saturated heterocycles. The van der Waals surface area contributed by atoms with Crippen molar-refractivity contribution in [3.63, 3.8) is 0 Å². The van der Waals surface area contributed by atoms with Gasteiger partial charge in [-0.2, -0.15) is 0 Å². The number of hydrogen-bond donors (Lipinski definition) is 2. The van der Waals surface area contributed by atoms with Gasteiger partial charge in [-0.3, -0.25) is 9.59 Å². The number of carbonyl (C=O) groups excluding carboxylic acids is 1. The Morgan fingerprint density at radius 2 is 2.13 bits per heavy atom. The summed E-state index contributed by atoms with van der Waals surface area (Å²) in [7, 11) is 0. The molecule has 1 amide bonds. The molecule has 0 aromatic heterocycles. The van der Waals surface area contributed by atoms with Gasteiger partial charge in [0.2, 0.25) is 5.91 Å². The number of carboxylic acids is 1. The van der Waals surface area contributed by atoms with Crippen LogP contribution in [0.4, 0.5) is 0 Å². The van der Waals surface area contributed by atoms with Crippen LogP contribution in [-0.4, -0.2) is 41.5 Å². The summed E-state index contributed by atoms with van der Waals surface area (Å²) in [6, 6.07) is 0. The van der Waals surface area contributed by atoms with E-state index in [0.29, 0.717) is 6.54 Å². The van der Waals surface area contributed by atoms with E-state index in [1.54, 1.807) is 0 Å². The summed E-state index contributed by atoms with van der Waals surface area (Å²) in [5.74, 6) is -1.18. The summed E-state index contributed by atoms with van der Waals surface area (Å²) in [5.41, 5.74) is 5.03. The Balaban J connectivity index is 2.66. The molecule has 0 unspecified atom stereocenters. The lowest BCUT2D eigenvalue weighted by molar-refractivity contribution is -0.146. The van der Waals surface area contributed by atoms with Gasteiger partial charge in [0, 0.05) is 13.1 Å². The molecule has 1 aliphatic carbocycles. The van der Waals surface area contributed by atoms with E-state index in [-0.39, 0.29) is 19.0 Å². The molecule has 0 aromatic carbocycles. The summed E-state index contributed by atoms with van der Waals surface area (Å²) < 4.78 is 0. The van der Waals surface area contributed by atoms with Gasteiger partial charge in [-0.05, 0) is 12.8 Å². The maximum Gasteiger partial charge on any atom is 0.323 e. The van der Waals surface area contributed by atoms with Gasteiger partial charge >= 0.3 is 5.97 Å². The van der Waals surface area contributed by atoms with E-state index in [4.69, 9.17) is 10.8 Å². The van der Waals surface area contributed by atoms with Crippen molar-refractivity contribution in [2.24, 2.45) is 11.1 Å². The first kappa shape index (κ1) is 11.7. The molecular weight excluding hydrogens is 196 g/mol. The van der Waals surface area contributed by atoms with Crippen LogP contribution in [-0.2, 0) is 9.59 Å². The second-order valence-corrected chi connectivity index (χ2v) is 3.85. The number of carboxylic acid groups (broad SMARTS) is 1. The van der Waals surface area contributed by atoms with Gasteiger partial charge in [0.15, 0.2) is 0 Å². The number of nitrogens with zero attached hydrogens (tertiary/aromatic N) is 1. The Hall–Kier alpha value is -1.36. The van der Waals surface area contributed by atoms with Crippen LogP contribution < -0.4 is 5.73 Å². The van der Waals surface area contributed by atoms with Crippen molar-refractivity contribution in [1.29, 1.82) is 0 Å². The molecule has 1 saturated carbocycles. The minimum atomic E-state index is -1.02. The highest BCUT2D eigenvalue weighted by Gasteiger charge is 2.50. The number of carbonyl (C=O) groups is 2. The highest BCUT2D eigenvalue weighted by Crippen LogP contribution is 2.46. The summed E-state index contributed by atoms with van der Waals surface area (Å²) in [4.78, 5) is 23.8. The Labute approximate surface area is 88.5 Å². The highest BCUT2D eigenvalue weighted by molar-refractivity contribution is 5.88. The molecule has 5 nitrogen and oxygen atoms in total. The van der Waals surface area contributed by atoms with E-state index in [2.05, 4.69) is 6.58 Å². The normalized spacial score (nSPS) is 16.9. The average Bonchev–Trinajstić information content (AvgIpc) is 2.96. The zero-order valence-corrected chi connectivity index (χ0v) is 8.61. The maximum atomic E-state index is 11.9. The molecule has 0 aromatic rings. The number of aliphatic carboxylic acids is 1. The van der Waals surface area contributed by atoms with Gasteiger partial charge in [-0.25, -0.2) is 0 Å². The van der Waals surface area contributed by atoms with Gasteiger partial charge in [-0.1, -0.05) is 6.08 Å². The maximum absolute atomic E-state index is 11.9. The van der Waals surface area contributed by atoms with Crippen molar-refractivity contribution < 1.29 is 14.7 Å². The Bertz CT molecular complexity index is 284.